The molecule has 28 heavy (non-hydrogen) atoms. The molecule has 0 aliphatic carbocycles. The molecule has 152 valence electrons. The molecule has 0 aromatic heterocycles. The van der Waals surface area contributed by atoms with Crippen LogP contribution in [0, 0.1) is 5.92 Å². The molecule has 1 fully saturated rings. The van der Waals surface area contributed by atoms with Gasteiger partial charge in [-0.25, -0.2) is 0 Å². The largest absolute Gasteiger partial charge is 0.367 e. The Kier molecular flexibility index (Phi) is 7.28. The molecule has 1 aromatic carbocycles. The molecule has 0 radical (unpaired) electrons. The molecule has 1 saturated heterocycles. The van der Waals surface area contributed by atoms with Crippen LogP contribution in [-0.2, 0) is 19.1 Å². The average Bonchev–Trinajstić information content (AvgIpc) is 3.06. The van der Waals surface area contributed by atoms with Crippen molar-refractivity contribution in [3.63, 3.8) is 0 Å². The van der Waals surface area contributed by atoms with Crippen LogP contribution in [0.3, 0.4) is 0 Å². The molecular weight excluding hydrogens is 362 g/mol. The number of ketones is 1. The second-order valence-electron chi connectivity index (χ2n) is 7.36. The maximum Gasteiger partial charge on any atom is 0.251 e. The van der Waals surface area contributed by atoms with Gasteiger partial charge in [-0.2, -0.15) is 0 Å². The quantitative estimate of drug-likeness (QED) is 0.671. The van der Waals surface area contributed by atoms with Crippen molar-refractivity contribution in [1.29, 1.82) is 0 Å². The standard InChI is InChI=1S/C20H27N3O5/c1-12(2)9-10-14(22-19(26)13-7-5-4-6-8-13)20(27)23(3)16-15(24)11-28-17(16)18(21)25/h4-8,12,14,16-17H,9-11H2,1-3H3,(H2,21,25)(H,22,26)/t14?,16?,17-/m0/s1. The van der Waals surface area contributed by atoms with Crippen molar-refractivity contribution in [2.75, 3.05) is 13.7 Å². The van der Waals surface area contributed by atoms with Crippen LogP contribution in [0.15, 0.2) is 30.3 Å². The maximum atomic E-state index is 13.1. The van der Waals surface area contributed by atoms with E-state index in [0.717, 1.165) is 0 Å². The number of hydrogen-bond acceptors (Lipinski definition) is 5. The number of ether oxygens (including phenoxy) is 1. The highest BCUT2D eigenvalue weighted by Crippen LogP contribution is 2.18. The minimum Gasteiger partial charge on any atom is -0.367 e. The zero-order chi connectivity index (χ0) is 20.8. The fraction of sp³-hybridized carbons (Fsp3) is 0.500. The summed E-state index contributed by atoms with van der Waals surface area (Å²) in [5, 5.41) is 2.75. The number of benzene rings is 1. The lowest BCUT2D eigenvalue weighted by molar-refractivity contribution is -0.141. The second-order valence-corrected chi connectivity index (χ2v) is 7.36. The van der Waals surface area contributed by atoms with E-state index in [4.69, 9.17) is 10.5 Å². The van der Waals surface area contributed by atoms with Gasteiger partial charge in [0.2, 0.25) is 11.8 Å². The van der Waals surface area contributed by atoms with E-state index in [2.05, 4.69) is 5.32 Å². The van der Waals surface area contributed by atoms with Crippen molar-refractivity contribution in [1.82, 2.24) is 10.2 Å². The number of nitrogens with zero attached hydrogens (tertiary/aromatic N) is 1. The molecule has 8 nitrogen and oxygen atoms in total. The first kappa shape index (κ1) is 21.6. The fourth-order valence-corrected chi connectivity index (χ4v) is 3.15. The minimum absolute atomic E-state index is 0.275. The van der Waals surface area contributed by atoms with E-state index in [9.17, 15) is 19.2 Å². The highest BCUT2D eigenvalue weighted by Gasteiger charge is 2.45. The van der Waals surface area contributed by atoms with E-state index in [1.807, 2.05) is 13.8 Å². The van der Waals surface area contributed by atoms with Crippen LogP contribution in [-0.4, -0.2) is 60.2 Å². The number of nitrogens with one attached hydrogen (secondary N) is 1. The number of Topliss-reactive ketones (excluding diaryl/α,β-unsaturated/α-hetero) is 1. The van der Waals surface area contributed by atoms with E-state index in [0.29, 0.717) is 24.3 Å². The molecule has 2 rings (SSSR count). The number of carbonyl (C=O) groups excluding carboxylic acids is 4. The Balaban J connectivity index is 2.19. The summed E-state index contributed by atoms with van der Waals surface area (Å²) >= 11 is 0. The number of carbonyl (C=O) groups is 4. The third-order valence-electron chi connectivity index (χ3n) is 4.74. The van der Waals surface area contributed by atoms with Gasteiger partial charge in [-0.15, -0.1) is 0 Å². The van der Waals surface area contributed by atoms with E-state index in [1.165, 1.54) is 11.9 Å². The van der Waals surface area contributed by atoms with Crippen molar-refractivity contribution in [2.45, 2.75) is 44.9 Å². The molecule has 1 heterocycles. The summed E-state index contributed by atoms with van der Waals surface area (Å²) in [6.45, 7) is 3.76. The van der Waals surface area contributed by atoms with E-state index in [1.54, 1.807) is 30.3 Å². The van der Waals surface area contributed by atoms with Crippen LogP contribution >= 0.6 is 0 Å². The molecule has 1 aliphatic rings. The van der Waals surface area contributed by atoms with Crippen LogP contribution in [0.4, 0.5) is 0 Å². The number of primary amides is 1. The minimum atomic E-state index is -1.18. The first-order valence-corrected chi connectivity index (χ1v) is 9.28. The molecule has 3 amide bonds. The zero-order valence-electron chi connectivity index (χ0n) is 16.4. The summed E-state index contributed by atoms with van der Waals surface area (Å²) in [5.74, 6) is -1.71. The van der Waals surface area contributed by atoms with Gasteiger partial charge < -0.3 is 20.7 Å². The zero-order valence-corrected chi connectivity index (χ0v) is 16.4. The maximum absolute atomic E-state index is 13.1. The molecule has 1 aromatic rings. The predicted molar refractivity (Wildman–Crippen MR) is 102 cm³/mol. The number of hydrogen-bond donors (Lipinski definition) is 2. The summed E-state index contributed by atoms with van der Waals surface area (Å²) in [6.07, 6.45) is -0.0761. The molecule has 1 aliphatic heterocycles. The van der Waals surface area contributed by atoms with Gasteiger partial charge in [0.25, 0.3) is 5.91 Å². The van der Waals surface area contributed by atoms with Gasteiger partial charge in [0.15, 0.2) is 11.9 Å². The third-order valence-corrected chi connectivity index (χ3v) is 4.74. The lowest BCUT2D eigenvalue weighted by Crippen LogP contribution is -2.56. The van der Waals surface area contributed by atoms with Gasteiger partial charge >= 0.3 is 0 Å². The molecule has 0 bridgehead atoms. The Bertz CT molecular complexity index is 735. The Morgan fingerprint density at radius 2 is 1.86 bits per heavy atom. The fourth-order valence-electron chi connectivity index (χ4n) is 3.15. The number of likely N-dealkylation sites (N-methyl/N-ethyl adjacent to an activating group) is 1. The van der Waals surface area contributed by atoms with Crippen LogP contribution < -0.4 is 11.1 Å². The van der Waals surface area contributed by atoms with Gasteiger partial charge in [-0.1, -0.05) is 32.0 Å². The smallest absolute Gasteiger partial charge is 0.251 e. The number of rotatable bonds is 8. The normalized spacial score (nSPS) is 20.1. The first-order valence-electron chi connectivity index (χ1n) is 9.28. The molecule has 3 N–H and O–H groups in total. The van der Waals surface area contributed by atoms with Crippen molar-refractivity contribution in [3.05, 3.63) is 35.9 Å². The van der Waals surface area contributed by atoms with Gasteiger partial charge in [-0.3, -0.25) is 19.2 Å². The van der Waals surface area contributed by atoms with Crippen LogP contribution in [0.5, 0.6) is 0 Å². The SMILES string of the molecule is CC(C)CCC(NC(=O)c1ccccc1)C(=O)N(C)C1C(=O)CO[C@@H]1C(N)=O. The van der Waals surface area contributed by atoms with Gasteiger partial charge in [0, 0.05) is 12.6 Å². The second kappa shape index (κ2) is 9.45. The van der Waals surface area contributed by atoms with Crippen LogP contribution in [0.1, 0.15) is 37.0 Å². The summed E-state index contributed by atoms with van der Waals surface area (Å²) in [7, 11) is 1.42. The molecule has 3 atom stereocenters. The predicted octanol–water partition coefficient (Wildman–Crippen LogP) is 0.501. The Morgan fingerprint density at radius 3 is 2.43 bits per heavy atom. The van der Waals surface area contributed by atoms with Crippen molar-refractivity contribution in [3.8, 4) is 0 Å². The number of nitrogens with two attached hydrogens (primary N) is 1. The highest BCUT2D eigenvalue weighted by atomic mass is 16.5. The summed E-state index contributed by atoms with van der Waals surface area (Å²) in [4.78, 5) is 50.5. The van der Waals surface area contributed by atoms with E-state index in [-0.39, 0.29) is 12.5 Å². The Hall–Kier alpha value is -2.74. The van der Waals surface area contributed by atoms with E-state index < -0.39 is 35.8 Å². The molecule has 2 unspecified atom stereocenters. The summed E-state index contributed by atoms with van der Waals surface area (Å²) in [5.41, 5.74) is 5.73. The van der Waals surface area contributed by atoms with Gasteiger partial charge in [0.05, 0.1) is 0 Å². The molecule has 0 spiro atoms. The van der Waals surface area contributed by atoms with Crippen molar-refractivity contribution >= 4 is 23.5 Å². The molecule has 8 heteroatoms. The monoisotopic (exact) mass is 389 g/mol. The van der Waals surface area contributed by atoms with Crippen LogP contribution in [0.2, 0.25) is 0 Å². The third kappa shape index (κ3) is 5.16. The summed E-state index contributed by atoms with van der Waals surface area (Å²) < 4.78 is 5.13. The lowest BCUT2D eigenvalue weighted by atomic mass is 10.00. The molecule has 0 saturated carbocycles. The number of amides is 3. The van der Waals surface area contributed by atoms with Crippen molar-refractivity contribution < 1.29 is 23.9 Å². The Labute approximate surface area is 164 Å². The van der Waals surface area contributed by atoms with Gasteiger partial charge in [0.1, 0.15) is 18.7 Å². The summed E-state index contributed by atoms with van der Waals surface area (Å²) in [6, 6.07) is 6.65. The van der Waals surface area contributed by atoms with E-state index >= 15 is 0 Å². The topological polar surface area (TPSA) is 119 Å². The lowest BCUT2D eigenvalue weighted by Gasteiger charge is -2.30. The highest BCUT2D eigenvalue weighted by molar-refractivity contribution is 6.01. The van der Waals surface area contributed by atoms with Crippen LogP contribution in [0.25, 0.3) is 0 Å². The average molecular weight is 389 g/mol. The first-order chi connectivity index (χ1) is 13.2. The van der Waals surface area contributed by atoms with Gasteiger partial charge in [-0.05, 0) is 30.9 Å². The Morgan fingerprint density at radius 1 is 1.21 bits per heavy atom. The molecular formula is C20H27N3O5. The van der Waals surface area contributed by atoms with Crippen molar-refractivity contribution in [2.24, 2.45) is 11.7 Å².